The molecule has 2 heteroatoms. The summed E-state index contributed by atoms with van der Waals surface area (Å²) in [6, 6.07) is 0. The van der Waals surface area contributed by atoms with Crippen LogP contribution in [0.4, 0.5) is 0 Å². The van der Waals surface area contributed by atoms with E-state index < -0.39 is 6.23 Å². The molecule has 0 aromatic rings. The Labute approximate surface area is 56.1 Å². The van der Waals surface area contributed by atoms with Crippen LogP contribution in [-0.4, -0.2) is 11.3 Å². The standard InChI is InChI=1S/C7H15NO/c8-7(9)6-4-2-1-3-5-6/h6-7,9H,1-5,8H2. The smallest absolute Gasteiger partial charge is 0.105 e. The van der Waals surface area contributed by atoms with Gasteiger partial charge < -0.3 is 10.8 Å². The Morgan fingerprint density at radius 2 is 1.78 bits per heavy atom. The van der Waals surface area contributed by atoms with Crippen LogP contribution >= 0.6 is 0 Å². The van der Waals surface area contributed by atoms with Crippen molar-refractivity contribution >= 4 is 0 Å². The molecule has 1 unspecified atom stereocenters. The van der Waals surface area contributed by atoms with Crippen LogP contribution in [0.1, 0.15) is 32.1 Å². The van der Waals surface area contributed by atoms with Crippen molar-refractivity contribution in [3.63, 3.8) is 0 Å². The van der Waals surface area contributed by atoms with Gasteiger partial charge in [0, 0.05) is 0 Å². The lowest BCUT2D eigenvalue weighted by Crippen LogP contribution is -2.30. The molecule has 0 spiro atoms. The second-order valence-electron chi connectivity index (χ2n) is 2.89. The third-order valence-corrected chi connectivity index (χ3v) is 2.13. The summed E-state index contributed by atoms with van der Waals surface area (Å²) in [6.07, 6.45) is 5.50. The molecule has 9 heavy (non-hydrogen) atoms. The van der Waals surface area contributed by atoms with Gasteiger partial charge in [-0.25, -0.2) is 0 Å². The molecule has 0 amide bonds. The van der Waals surface area contributed by atoms with Crippen LogP contribution in [0.2, 0.25) is 0 Å². The molecule has 1 aliphatic rings. The maximum Gasteiger partial charge on any atom is 0.105 e. The monoisotopic (exact) mass is 129 g/mol. The Hall–Kier alpha value is -0.0800. The molecule has 1 fully saturated rings. The highest BCUT2D eigenvalue weighted by molar-refractivity contribution is 4.68. The molecule has 0 aromatic carbocycles. The molecule has 1 aliphatic carbocycles. The highest BCUT2D eigenvalue weighted by Gasteiger charge is 2.17. The number of hydrogen-bond acceptors (Lipinski definition) is 2. The molecule has 0 aromatic heterocycles. The summed E-state index contributed by atoms with van der Waals surface area (Å²) in [5.74, 6) is 0.388. The first-order valence-electron chi connectivity index (χ1n) is 3.74. The van der Waals surface area contributed by atoms with Crippen LogP contribution in [0.5, 0.6) is 0 Å². The van der Waals surface area contributed by atoms with Gasteiger partial charge in [-0.3, -0.25) is 0 Å². The molecule has 0 aliphatic heterocycles. The third-order valence-electron chi connectivity index (χ3n) is 2.13. The van der Waals surface area contributed by atoms with Gasteiger partial charge in [0.05, 0.1) is 0 Å². The van der Waals surface area contributed by atoms with E-state index in [2.05, 4.69) is 0 Å². The Balaban J connectivity index is 2.23. The first-order valence-corrected chi connectivity index (χ1v) is 3.74. The number of hydrogen-bond donors (Lipinski definition) is 2. The Morgan fingerprint density at radius 3 is 2.11 bits per heavy atom. The number of aliphatic hydroxyl groups excluding tert-OH is 1. The maximum absolute atomic E-state index is 8.95. The fraction of sp³-hybridized carbons (Fsp3) is 1.00. The molecule has 0 saturated heterocycles. The second-order valence-corrected chi connectivity index (χ2v) is 2.89. The normalized spacial score (nSPS) is 26.0. The van der Waals surface area contributed by atoms with E-state index in [1.54, 1.807) is 0 Å². The average molecular weight is 129 g/mol. The molecular formula is C7H15NO. The van der Waals surface area contributed by atoms with Gasteiger partial charge in [0.15, 0.2) is 0 Å². The van der Waals surface area contributed by atoms with Crippen molar-refractivity contribution in [2.45, 2.75) is 38.3 Å². The molecule has 0 radical (unpaired) electrons. The van der Waals surface area contributed by atoms with E-state index >= 15 is 0 Å². The fourth-order valence-electron chi connectivity index (χ4n) is 1.48. The van der Waals surface area contributed by atoms with Crippen molar-refractivity contribution in [2.24, 2.45) is 11.7 Å². The Bertz CT molecular complexity index is 77.0. The van der Waals surface area contributed by atoms with E-state index in [-0.39, 0.29) is 0 Å². The molecule has 0 heterocycles. The third kappa shape index (κ3) is 1.95. The highest BCUT2D eigenvalue weighted by atomic mass is 16.3. The zero-order valence-electron chi connectivity index (χ0n) is 5.71. The number of rotatable bonds is 1. The zero-order valence-corrected chi connectivity index (χ0v) is 5.71. The molecule has 1 saturated carbocycles. The minimum atomic E-state index is -0.565. The van der Waals surface area contributed by atoms with Gasteiger partial charge in [-0.1, -0.05) is 19.3 Å². The molecule has 1 rings (SSSR count). The summed E-state index contributed by atoms with van der Waals surface area (Å²) in [4.78, 5) is 0. The van der Waals surface area contributed by atoms with Gasteiger partial charge in [0.2, 0.25) is 0 Å². The van der Waals surface area contributed by atoms with Crippen molar-refractivity contribution in [3.05, 3.63) is 0 Å². The van der Waals surface area contributed by atoms with E-state index in [1.165, 1.54) is 19.3 Å². The number of nitrogens with two attached hydrogens (primary N) is 1. The maximum atomic E-state index is 8.95. The van der Waals surface area contributed by atoms with Crippen molar-refractivity contribution in [1.29, 1.82) is 0 Å². The Kier molecular flexibility index (Phi) is 2.49. The van der Waals surface area contributed by atoms with Crippen molar-refractivity contribution in [2.75, 3.05) is 0 Å². The fourth-order valence-corrected chi connectivity index (χ4v) is 1.48. The van der Waals surface area contributed by atoms with Crippen molar-refractivity contribution in [1.82, 2.24) is 0 Å². The zero-order chi connectivity index (χ0) is 6.69. The summed E-state index contributed by atoms with van der Waals surface area (Å²) in [5.41, 5.74) is 5.32. The summed E-state index contributed by atoms with van der Waals surface area (Å²) >= 11 is 0. The quantitative estimate of drug-likeness (QED) is 0.515. The first kappa shape index (κ1) is 7.03. The van der Waals surface area contributed by atoms with Gasteiger partial charge >= 0.3 is 0 Å². The van der Waals surface area contributed by atoms with E-state index in [4.69, 9.17) is 10.8 Å². The minimum Gasteiger partial charge on any atom is -0.379 e. The van der Waals surface area contributed by atoms with Gasteiger partial charge in [-0.2, -0.15) is 0 Å². The lowest BCUT2D eigenvalue weighted by atomic mass is 9.88. The molecule has 2 nitrogen and oxygen atoms in total. The van der Waals surface area contributed by atoms with Crippen LogP contribution in [0.25, 0.3) is 0 Å². The largest absolute Gasteiger partial charge is 0.379 e. The molecule has 1 atom stereocenters. The van der Waals surface area contributed by atoms with E-state index in [0.717, 1.165) is 12.8 Å². The van der Waals surface area contributed by atoms with Crippen LogP contribution in [0.15, 0.2) is 0 Å². The van der Waals surface area contributed by atoms with Gasteiger partial charge in [0.1, 0.15) is 6.23 Å². The summed E-state index contributed by atoms with van der Waals surface area (Å²) in [5, 5.41) is 8.95. The SMILES string of the molecule is NC(O)C1CCCCC1. The van der Waals surface area contributed by atoms with E-state index in [1.807, 2.05) is 0 Å². The van der Waals surface area contributed by atoms with Crippen molar-refractivity contribution < 1.29 is 5.11 Å². The van der Waals surface area contributed by atoms with Crippen LogP contribution in [-0.2, 0) is 0 Å². The van der Waals surface area contributed by atoms with Crippen LogP contribution in [0, 0.1) is 5.92 Å². The molecular weight excluding hydrogens is 114 g/mol. The summed E-state index contributed by atoms with van der Waals surface area (Å²) in [6.45, 7) is 0. The summed E-state index contributed by atoms with van der Waals surface area (Å²) in [7, 11) is 0. The molecule has 54 valence electrons. The van der Waals surface area contributed by atoms with Crippen LogP contribution < -0.4 is 5.73 Å². The minimum absolute atomic E-state index is 0.388. The topological polar surface area (TPSA) is 46.2 Å². The second kappa shape index (κ2) is 3.18. The molecule has 3 N–H and O–H groups in total. The first-order chi connectivity index (χ1) is 4.30. The molecule has 0 bridgehead atoms. The van der Waals surface area contributed by atoms with E-state index in [9.17, 15) is 0 Å². The lowest BCUT2D eigenvalue weighted by molar-refractivity contribution is 0.0906. The predicted octanol–water partition coefficient (Wildman–Crippen LogP) is 0.844. The van der Waals surface area contributed by atoms with Crippen molar-refractivity contribution in [3.8, 4) is 0 Å². The van der Waals surface area contributed by atoms with Crippen LogP contribution in [0.3, 0.4) is 0 Å². The Morgan fingerprint density at radius 1 is 1.22 bits per heavy atom. The van der Waals surface area contributed by atoms with E-state index in [0.29, 0.717) is 5.92 Å². The average Bonchev–Trinajstić information content (AvgIpc) is 1.90. The van der Waals surface area contributed by atoms with Gasteiger partial charge in [0.25, 0.3) is 0 Å². The van der Waals surface area contributed by atoms with Gasteiger partial charge in [-0.15, -0.1) is 0 Å². The predicted molar refractivity (Wildman–Crippen MR) is 36.8 cm³/mol. The lowest BCUT2D eigenvalue weighted by Gasteiger charge is -2.23. The number of aliphatic hydroxyl groups is 1. The highest BCUT2D eigenvalue weighted by Crippen LogP contribution is 2.24. The summed E-state index contributed by atoms with van der Waals surface area (Å²) < 4.78 is 0. The van der Waals surface area contributed by atoms with Gasteiger partial charge in [-0.05, 0) is 18.8 Å².